The number of hydrogen-bond donors (Lipinski definition) is 5. The van der Waals surface area contributed by atoms with Crippen LogP contribution >= 0.6 is 7.82 Å². The molecule has 0 saturated carbocycles. The summed E-state index contributed by atoms with van der Waals surface area (Å²) in [5, 5.41) is 14.3. The van der Waals surface area contributed by atoms with E-state index in [9.17, 15) is 38.6 Å². The number of imidazole rings is 1. The van der Waals surface area contributed by atoms with E-state index in [4.69, 9.17) is 24.8 Å². The fraction of sp³-hybridized carbons (Fsp3) is 0.394. The number of aryl methyl sites for hydroxylation is 1. The van der Waals surface area contributed by atoms with Gasteiger partial charge in [-0.1, -0.05) is 31.5 Å². The Balaban J connectivity index is 1.24. The van der Waals surface area contributed by atoms with Gasteiger partial charge in [0.15, 0.2) is 17.3 Å². The number of aromatic hydroxyl groups is 1. The van der Waals surface area contributed by atoms with Crippen LogP contribution in [0, 0.1) is 0 Å². The first kappa shape index (κ1) is 37.2. The van der Waals surface area contributed by atoms with Crippen molar-refractivity contribution in [1.29, 1.82) is 0 Å². The highest BCUT2D eigenvalue weighted by molar-refractivity contribution is 7.46. The summed E-state index contributed by atoms with van der Waals surface area (Å²) < 4.78 is 24.2. The number of carbonyl (C=O) groups excluding carboxylic acids is 4. The Morgan fingerprint density at radius 3 is 2.53 bits per heavy atom. The van der Waals surface area contributed by atoms with Crippen LogP contribution in [0.3, 0.4) is 0 Å². The summed E-state index contributed by atoms with van der Waals surface area (Å²) in [6.07, 6.45) is 2.31. The van der Waals surface area contributed by atoms with Gasteiger partial charge in [-0.2, -0.15) is 0 Å². The maximum atomic E-state index is 12.1. The number of fused-ring (bicyclic) bond motifs is 3. The summed E-state index contributed by atoms with van der Waals surface area (Å²) in [5.41, 5.74) is 9.37. The van der Waals surface area contributed by atoms with E-state index < -0.39 is 37.3 Å². The number of rotatable bonds is 17. The number of nitrogen functional groups attached to an aromatic ring is 1. The predicted octanol–water partition coefficient (Wildman–Crippen LogP) is 2.80. The molecule has 3 heterocycles. The van der Waals surface area contributed by atoms with Crippen molar-refractivity contribution in [2.45, 2.75) is 64.8 Å². The lowest BCUT2D eigenvalue weighted by molar-refractivity contribution is -0.197. The van der Waals surface area contributed by atoms with Gasteiger partial charge in [0.1, 0.15) is 11.3 Å². The first-order chi connectivity index (χ1) is 24.3. The van der Waals surface area contributed by atoms with Gasteiger partial charge in [-0.3, -0.25) is 24.2 Å². The first-order valence-electron chi connectivity index (χ1n) is 16.4. The van der Waals surface area contributed by atoms with Gasteiger partial charge >= 0.3 is 13.8 Å². The van der Waals surface area contributed by atoms with Crippen LogP contribution < -0.4 is 15.6 Å². The second-order valence-electron chi connectivity index (χ2n) is 11.9. The molecule has 17 nitrogen and oxygen atoms in total. The van der Waals surface area contributed by atoms with Gasteiger partial charge in [-0.15, -0.1) is 5.06 Å². The lowest BCUT2D eigenvalue weighted by Crippen LogP contribution is -2.33. The van der Waals surface area contributed by atoms with E-state index in [1.165, 1.54) is 6.07 Å². The molecule has 6 N–H and O–H groups in total. The van der Waals surface area contributed by atoms with Crippen LogP contribution in [0.1, 0.15) is 62.4 Å². The lowest BCUT2D eigenvalue weighted by Gasteiger charge is -2.16. The maximum absolute atomic E-state index is 12.1. The first-order valence-corrected chi connectivity index (χ1v) is 17.9. The zero-order valence-corrected chi connectivity index (χ0v) is 28.8. The Hall–Kier alpha value is -5.09. The Labute approximate surface area is 291 Å². The minimum absolute atomic E-state index is 0.0144. The number of phenols is 1. The number of hydrogen-bond acceptors (Lipinski definition) is 12. The van der Waals surface area contributed by atoms with E-state index in [0.717, 1.165) is 23.8 Å². The van der Waals surface area contributed by atoms with E-state index in [1.807, 2.05) is 29.7 Å². The number of nitrogens with two attached hydrogens (primary N) is 1. The molecule has 0 unspecified atom stereocenters. The van der Waals surface area contributed by atoms with Gasteiger partial charge < -0.3 is 34.8 Å². The summed E-state index contributed by atoms with van der Waals surface area (Å²) in [5.74, 6) is -2.29. The highest BCUT2D eigenvalue weighted by Crippen LogP contribution is 2.44. The van der Waals surface area contributed by atoms with Crippen LogP contribution in [0.4, 0.5) is 5.82 Å². The summed E-state index contributed by atoms with van der Waals surface area (Å²) in [4.78, 5) is 80.3. The minimum Gasteiger partial charge on any atom is -0.504 e. The number of imide groups is 1. The number of amides is 3. The molecule has 51 heavy (non-hydrogen) atoms. The molecular formula is C33H39N6O11P. The summed E-state index contributed by atoms with van der Waals surface area (Å²) >= 11 is 0. The molecule has 0 spiro atoms. The summed E-state index contributed by atoms with van der Waals surface area (Å²) in [7, 11) is -4.99. The van der Waals surface area contributed by atoms with E-state index in [0.29, 0.717) is 52.4 Å². The molecule has 0 bridgehead atoms. The maximum Gasteiger partial charge on any atom is 0.524 e. The average Bonchev–Trinajstić information content (AvgIpc) is 3.60. The third-order valence-electron chi connectivity index (χ3n) is 8.07. The van der Waals surface area contributed by atoms with Gasteiger partial charge in [-0.25, -0.2) is 19.3 Å². The number of unbranched alkanes of at least 4 members (excludes halogenated alkanes) is 1. The lowest BCUT2D eigenvalue weighted by atomic mass is 10.1. The Morgan fingerprint density at radius 2 is 1.80 bits per heavy atom. The molecule has 1 aliphatic rings. The molecule has 18 heteroatoms. The quantitative estimate of drug-likeness (QED) is 0.0597. The second-order valence-corrected chi connectivity index (χ2v) is 13.0. The number of para-hydroxylation sites is 1. The number of pyridine rings is 1. The molecule has 4 aromatic rings. The molecule has 0 radical (unpaired) electrons. The number of aromatic nitrogens is 3. The van der Waals surface area contributed by atoms with Crippen molar-refractivity contribution in [3.05, 3.63) is 53.3 Å². The molecule has 2 aromatic heterocycles. The van der Waals surface area contributed by atoms with Gasteiger partial charge in [-0.05, 0) is 36.6 Å². The number of phosphoric acid groups is 1. The highest BCUT2D eigenvalue weighted by atomic mass is 31.2. The summed E-state index contributed by atoms with van der Waals surface area (Å²) in [6, 6.07) is 10.1. The van der Waals surface area contributed by atoms with Crippen LogP contribution in [0.2, 0.25) is 0 Å². The number of hydroxylamine groups is 2. The highest BCUT2D eigenvalue weighted by Gasteiger charge is 2.33. The zero-order chi connectivity index (χ0) is 36.7. The van der Waals surface area contributed by atoms with Crippen LogP contribution in [0.25, 0.3) is 21.9 Å². The normalized spacial score (nSPS) is 13.4. The number of nitrogens with zero attached hydrogens (tertiary/aromatic N) is 4. The number of phenolic OH excluding ortho intramolecular Hbond substituents is 1. The zero-order valence-electron chi connectivity index (χ0n) is 27.9. The monoisotopic (exact) mass is 726 g/mol. The Bertz CT molecular complexity index is 1990. The van der Waals surface area contributed by atoms with Crippen LogP contribution in [-0.2, 0) is 52.7 Å². The van der Waals surface area contributed by atoms with Crippen molar-refractivity contribution < 1.29 is 52.7 Å². The number of ether oxygens (including phenoxy) is 1. The number of phosphoric ester groups is 1. The van der Waals surface area contributed by atoms with E-state index >= 15 is 0 Å². The third kappa shape index (κ3) is 9.38. The molecule has 0 atom stereocenters. The largest absolute Gasteiger partial charge is 0.524 e. The van der Waals surface area contributed by atoms with Crippen LogP contribution in [0.5, 0.6) is 11.5 Å². The molecule has 0 aliphatic carbocycles. The number of benzene rings is 2. The number of carbonyl (C=O) groups is 4. The molecule has 3 amide bonds. The molecule has 272 valence electrons. The van der Waals surface area contributed by atoms with Gasteiger partial charge in [0, 0.05) is 43.2 Å². The average molecular weight is 727 g/mol. The Kier molecular flexibility index (Phi) is 11.9. The topological polar surface area (TPSA) is 246 Å². The fourth-order valence-corrected chi connectivity index (χ4v) is 6.06. The SMILES string of the molecule is CCCCc1nc2c(N)nc3ccc(CCOCCNC(=O)CCC(=O)ON4C(=O)CCC4=O)cc3c2n1Cc1cccc(O)c1OP(=O)(O)O. The smallest absolute Gasteiger partial charge is 0.504 e. The van der Waals surface area contributed by atoms with Gasteiger partial charge in [0.2, 0.25) is 5.91 Å². The molecule has 1 fully saturated rings. The second kappa shape index (κ2) is 16.3. The minimum atomic E-state index is -4.99. The molecular weight excluding hydrogens is 687 g/mol. The van der Waals surface area contributed by atoms with Crippen molar-refractivity contribution in [3.63, 3.8) is 0 Å². The fourth-order valence-electron chi connectivity index (χ4n) is 5.61. The third-order valence-corrected chi connectivity index (χ3v) is 8.49. The molecule has 1 saturated heterocycles. The predicted molar refractivity (Wildman–Crippen MR) is 182 cm³/mol. The standard InChI is InChI=1S/C33H39N6O11P/c1-2-3-7-25-37-30-31(38(25)19-21-5-4-6-24(40)32(21)50-51(45,46)47)22-18-20(8-9-23(22)36-33(30)34)14-16-48-17-15-35-26(41)10-13-29(44)49-39-27(42)11-12-28(39)43/h4-6,8-9,18,40H,2-3,7,10-17,19H2,1H3,(H2,34,36)(H,35,41)(H2,45,46,47). The summed E-state index contributed by atoms with van der Waals surface area (Å²) in [6.45, 7) is 2.84. The van der Waals surface area contributed by atoms with Crippen molar-refractivity contribution in [1.82, 2.24) is 24.9 Å². The molecule has 2 aromatic carbocycles. The van der Waals surface area contributed by atoms with Crippen molar-refractivity contribution in [2.24, 2.45) is 0 Å². The van der Waals surface area contributed by atoms with Gasteiger partial charge in [0.25, 0.3) is 11.8 Å². The van der Waals surface area contributed by atoms with E-state index in [1.54, 1.807) is 12.1 Å². The van der Waals surface area contributed by atoms with Gasteiger partial charge in [0.05, 0.1) is 37.2 Å². The van der Waals surface area contributed by atoms with Crippen LogP contribution in [-0.4, -0.2) is 77.9 Å². The van der Waals surface area contributed by atoms with E-state index in [2.05, 4.69) is 10.3 Å². The van der Waals surface area contributed by atoms with Crippen molar-refractivity contribution >= 4 is 59.3 Å². The molecule has 1 aliphatic heterocycles. The van der Waals surface area contributed by atoms with E-state index in [-0.39, 0.29) is 56.9 Å². The van der Waals surface area contributed by atoms with Crippen LogP contribution in [0.15, 0.2) is 36.4 Å². The van der Waals surface area contributed by atoms with Crippen molar-refractivity contribution in [2.75, 3.05) is 25.5 Å². The molecule has 5 rings (SSSR count). The van der Waals surface area contributed by atoms with Crippen molar-refractivity contribution in [3.8, 4) is 11.5 Å². The number of nitrogens with one attached hydrogen (secondary N) is 1. The number of anilines is 1. The Morgan fingerprint density at radius 1 is 1.04 bits per heavy atom.